The normalized spacial score (nSPS) is 20.8. The average molecular weight is 335 g/mol. The van der Waals surface area contributed by atoms with E-state index in [-0.39, 0.29) is 0 Å². The molecule has 0 spiro atoms. The molecule has 1 heterocycles. The average Bonchev–Trinajstić information content (AvgIpc) is 2.98. The summed E-state index contributed by atoms with van der Waals surface area (Å²) in [6.45, 7) is 12.7. The minimum absolute atomic E-state index is 0.409. The predicted octanol–water partition coefficient (Wildman–Crippen LogP) is 3.20. The van der Waals surface area contributed by atoms with Gasteiger partial charge in [0.2, 0.25) is 0 Å². The molecular formula is C20H34N2O2. The summed E-state index contributed by atoms with van der Waals surface area (Å²) in [5.41, 5.74) is 1.71. The van der Waals surface area contributed by atoms with Crippen molar-refractivity contribution in [2.24, 2.45) is 11.3 Å². The molecule has 4 nitrogen and oxygen atoms in total. The van der Waals surface area contributed by atoms with Gasteiger partial charge in [-0.25, -0.2) is 0 Å². The minimum atomic E-state index is 0.409. The van der Waals surface area contributed by atoms with Crippen LogP contribution in [0.25, 0.3) is 0 Å². The molecule has 1 aromatic carbocycles. The van der Waals surface area contributed by atoms with Crippen molar-refractivity contribution in [3.05, 3.63) is 23.8 Å². The van der Waals surface area contributed by atoms with E-state index < -0.39 is 0 Å². The zero-order chi connectivity index (χ0) is 17.6. The van der Waals surface area contributed by atoms with Gasteiger partial charge in [0.25, 0.3) is 0 Å². The summed E-state index contributed by atoms with van der Waals surface area (Å²) in [6.07, 6.45) is 2.31. The van der Waals surface area contributed by atoms with Crippen molar-refractivity contribution in [3.63, 3.8) is 0 Å². The van der Waals surface area contributed by atoms with Gasteiger partial charge in [0, 0.05) is 26.2 Å². The molecule has 4 heteroatoms. The van der Waals surface area contributed by atoms with E-state index in [4.69, 9.17) is 9.47 Å². The molecule has 0 amide bonds. The van der Waals surface area contributed by atoms with E-state index in [0.29, 0.717) is 11.3 Å². The van der Waals surface area contributed by atoms with Crippen molar-refractivity contribution < 1.29 is 9.47 Å². The van der Waals surface area contributed by atoms with Gasteiger partial charge in [-0.05, 0) is 48.4 Å². The fraction of sp³-hybridized carbons (Fsp3) is 0.700. The SMILES string of the molecule is COc1ccc(CCN(CC(C)C)CC2(C)CCNC2)cc1OC. The first kappa shape index (κ1) is 19.1. The quantitative estimate of drug-likeness (QED) is 0.752. The molecule has 1 aliphatic rings. The van der Waals surface area contributed by atoms with Crippen LogP contribution in [0.1, 0.15) is 32.8 Å². The van der Waals surface area contributed by atoms with E-state index >= 15 is 0 Å². The van der Waals surface area contributed by atoms with Crippen LogP contribution in [0.4, 0.5) is 0 Å². The number of nitrogens with one attached hydrogen (secondary N) is 1. The zero-order valence-electron chi connectivity index (χ0n) is 16.0. The van der Waals surface area contributed by atoms with Crippen LogP contribution in [-0.4, -0.2) is 51.8 Å². The summed E-state index contributed by atoms with van der Waals surface area (Å²) in [6, 6.07) is 6.25. The monoisotopic (exact) mass is 334 g/mol. The maximum absolute atomic E-state index is 5.43. The third kappa shape index (κ3) is 5.38. The summed E-state index contributed by atoms with van der Waals surface area (Å²) >= 11 is 0. The van der Waals surface area contributed by atoms with Gasteiger partial charge in [-0.3, -0.25) is 0 Å². The molecule has 0 saturated carbocycles. The van der Waals surface area contributed by atoms with Crippen LogP contribution in [0.3, 0.4) is 0 Å². The second kappa shape index (κ2) is 8.72. The molecular weight excluding hydrogens is 300 g/mol. The molecule has 1 unspecified atom stereocenters. The van der Waals surface area contributed by atoms with Gasteiger partial charge >= 0.3 is 0 Å². The zero-order valence-corrected chi connectivity index (χ0v) is 16.0. The molecule has 136 valence electrons. The Labute approximate surface area is 147 Å². The fourth-order valence-electron chi connectivity index (χ4n) is 3.62. The number of hydrogen-bond donors (Lipinski definition) is 1. The number of methoxy groups -OCH3 is 2. The smallest absolute Gasteiger partial charge is 0.160 e. The molecule has 0 bridgehead atoms. The number of hydrogen-bond acceptors (Lipinski definition) is 4. The van der Waals surface area contributed by atoms with E-state index in [1.54, 1.807) is 14.2 Å². The summed E-state index contributed by atoms with van der Waals surface area (Å²) in [5, 5.41) is 3.52. The molecule has 0 aromatic heterocycles. The summed E-state index contributed by atoms with van der Waals surface area (Å²) in [5.74, 6) is 2.30. The molecule has 0 radical (unpaired) electrons. The Balaban J connectivity index is 1.99. The van der Waals surface area contributed by atoms with Gasteiger partial charge in [-0.15, -0.1) is 0 Å². The van der Waals surface area contributed by atoms with Gasteiger partial charge in [0.15, 0.2) is 11.5 Å². The highest BCUT2D eigenvalue weighted by Gasteiger charge is 2.30. The molecule has 24 heavy (non-hydrogen) atoms. The van der Waals surface area contributed by atoms with Crippen LogP contribution in [0, 0.1) is 11.3 Å². The number of ether oxygens (including phenoxy) is 2. The Morgan fingerprint density at radius 1 is 1.21 bits per heavy atom. The molecule has 0 aliphatic carbocycles. The second-order valence-electron chi connectivity index (χ2n) is 7.81. The summed E-state index contributed by atoms with van der Waals surface area (Å²) in [4.78, 5) is 2.63. The van der Waals surface area contributed by atoms with Crippen molar-refractivity contribution in [2.45, 2.75) is 33.6 Å². The Hall–Kier alpha value is -1.26. The number of benzene rings is 1. The maximum Gasteiger partial charge on any atom is 0.160 e. The van der Waals surface area contributed by atoms with Crippen LogP contribution in [0.5, 0.6) is 11.5 Å². The van der Waals surface area contributed by atoms with E-state index in [1.165, 1.54) is 18.5 Å². The van der Waals surface area contributed by atoms with E-state index in [0.717, 1.165) is 44.1 Å². The van der Waals surface area contributed by atoms with Crippen LogP contribution < -0.4 is 14.8 Å². The lowest BCUT2D eigenvalue weighted by atomic mass is 9.89. The predicted molar refractivity (Wildman–Crippen MR) is 100 cm³/mol. The second-order valence-corrected chi connectivity index (χ2v) is 7.81. The molecule has 1 N–H and O–H groups in total. The third-order valence-electron chi connectivity index (χ3n) is 4.85. The van der Waals surface area contributed by atoms with E-state index in [9.17, 15) is 0 Å². The van der Waals surface area contributed by atoms with Gasteiger partial charge in [0.05, 0.1) is 14.2 Å². The van der Waals surface area contributed by atoms with Crippen LogP contribution in [0.15, 0.2) is 18.2 Å². The van der Waals surface area contributed by atoms with Crippen molar-refractivity contribution in [1.82, 2.24) is 10.2 Å². The van der Waals surface area contributed by atoms with Gasteiger partial charge in [-0.2, -0.15) is 0 Å². The van der Waals surface area contributed by atoms with Crippen molar-refractivity contribution in [2.75, 3.05) is 46.9 Å². The molecule has 2 rings (SSSR count). The summed E-state index contributed by atoms with van der Waals surface area (Å²) < 4.78 is 10.8. The number of nitrogens with zero attached hydrogens (tertiary/aromatic N) is 1. The molecule has 1 aromatic rings. The lowest BCUT2D eigenvalue weighted by Crippen LogP contribution is -2.40. The Bertz CT molecular complexity index is 510. The van der Waals surface area contributed by atoms with Crippen LogP contribution in [0.2, 0.25) is 0 Å². The first-order chi connectivity index (χ1) is 11.5. The minimum Gasteiger partial charge on any atom is -0.493 e. The van der Waals surface area contributed by atoms with E-state index in [2.05, 4.69) is 43.1 Å². The van der Waals surface area contributed by atoms with Crippen molar-refractivity contribution in [1.29, 1.82) is 0 Å². The molecule has 1 fully saturated rings. The molecule has 1 aliphatic heterocycles. The third-order valence-corrected chi connectivity index (χ3v) is 4.85. The Kier molecular flexibility index (Phi) is 6.93. The van der Waals surface area contributed by atoms with Crippen molar-refractivity contribution >= 4 is 0 Å². The highest BCUT2D eigenvalue weighted by Crippen LogP contribution is 2.29. The van der Waals surface area contributed by atoms with Crippen LogP contribution >= 0.6 is 0 Å². The van der Waals surface area contributed by atoms with Crippen molar-refractivity contribution in [3.8, 4) is 11.5 Å². The maximum atomic E-state index is 5.43. The lowest BCUT2D eigenvalue weighted by molar-refractivity contribution is 0.163. The highest BCUT2D eigenvalue weighted by atomic mass is 16.5. The first-order valence-electron chi connectivity index (χ1n) is 9.10. The Morgan fingerprint density at radius 2 is 1.96 bits per heavy atom. The standard InChI is InChI=1S/C20H34N2O2/c1-16(2)13-22(15-20(3)9-10-21-14-20)11-8-17-6-7-18(23-4)19(12-17)24-5/h6-7,12,16,21H,8-11,13-15H2,1-5H3. The van der Waals surface area contributed by atoms with Gasteiger partial charge in [0.1, 0.15) is 0 Å². The highest BCUT2D eigenvalue weighted by molar-refractivity contribution is 5.42. The first-order valence-corrected chi connectivity index (χ1v) is 9.10. The largest absolute Gasteiger partial charge is 0.493 e. The fourth-order valence-corrected chi connectivity index (χ4v) is 3.62. The number of rotatable bonds is 9. The van der Waals surface area contributed by atoms with E-state index in [1.807, 2.05) is 6.07 Å². The van der Waals surface area contributed by atoms with Gasteiger partial charge in [-0.1, -0.05) is 26.8 Å². The molecule has 1 atom stereocenters. The topological polar surface area (TPSA) is 33.7 Å². The Morgan fingerprint density at radius 3 is 2.54 bits per heavy atom. The molecule has 1 saturated heterocycles. The lowest BCUT2D eigenvalue weighted by Gasteiger charge is -2.33. The summed E-state index contributed by atoms with van der Waals surface area (Å²) in [7, 11) is 3.37. The van der Waals surface area contributed by atoms with Gasteiger partial charge < -0.3 is 19.7 Å². The van der Waals surface area contributed by atoms with Crippen LogP contribution in [-0.2, 0) is 6.42 Å².